The fourth-order valence-electron chi connectivity index (χ4n) is 2.86. The van der Waals surface area contributed by atoms with Crippen LogP contribution in [0, 0.1) is 0 Å². The molecule has 1 aliphatic rings. The second-order valence-corrected chi connectivity index (χ2v) is 5.76. The zero-order valence-electron chi connectivity index (χ0n) is 12.8. The molecule has 0 radical (unpaired) electrons. The Kier molecular flexibility index (Phi) is 4.40. The Morgan fingerprint density at radius 3 is 2.91 bits per heavy atom. The number of hydrogen-bond donors (Lipinski definition) is 2. The van der Waals surface area contributed by atoms with Gasteiger partial charge in [0.25, 0.3) is 5.91 Å². The van der Waals surface area contributed by atoms with Gasteiger partial charge < -0.3 is 15.0 Å². The first-order chi connectivity index (χ1) is 10.7. The highest BCUT2D eigenvalue weighted by molar-refractivity contribution is 6.05. The van der Waals surface area contributed by atoms with E-state index >= 15 is 0 Å². The van der Waals surface area contributed by atoms with Crippen LogP contribution < -0.4 is 0 Å². The molecular formula is C16H22N4O2. The van der Waals surface area contributed by atoms with E-state index in [9.17, 15) is 9.90 Å². The second kappa shape index (κ2) is 6.46. The van der Waals surface area contributed by atoms with Crippen LogP contribution in [-0.2, 0) is 0 Å². The lowest BCUT2D eigenvalue weighted by molar-refractivity contribution is 0.0525. The first kappa shape index (κ1) is 15.0. The molecule has 2 aromatic rings. The van der Waals surface area contributed by atoms with E-state index in [1.807, 2.05) is 24.0 Å². The molecule has 1 saturated heterocycles. The number of H-pyrrole nitrogens is 1. The molecule has 1 amide bonds. The van der Waals surface area contributed by atoms with E-state index in [1.54, 1.807) is 12.4 Å². The maximum atomic E-state index is 12.7. The van der Waals surface area contributed by atoms with Crippen LogP contribution in [0.25, 0.3) is 11.0 Å². The molecule has 0 bridgehead atoms. The van der Waals surface area contributed by atoms with Gasteiger partial charge in [0.05, 0.1) is 11.7 Å². The Morgan fingerprint density at radius 2 is 2.18 bits per heavy atom. The zero-order valence-corrected chi connectivity index (χ0v) is 12.8. The van der Waals surface area contributed by atoms with E-state index in [0.29, 0.717) is 25.2 Å². The average molecular weight is 302 g/mol. The lowest BCUT2D eigenvalue weighted by atomic mass is 10.1. The number of nitrogens with zero attached hydrogens (tertiary/aromatic N) is 3. The van der Waals surface area contributed by atoms with Crippen LogP contribution >= 0.6 is 0 Å². The molecule has 0 saturated carbocycles. The summed E-state index contributed by atoms with van der Waals surface area (Å²) in [5.74, 6) is 0.0509. The normalized spacial score (nSPS) is 17.8. The first-order valence-electron chi connectivity index (χ1n) is 7.81. The van der Waals surface area contributed by atoms with Crippen molar-refractivity contribution in [1.82, 2.24) is 19.8 Å². The predicted molar refractivity (Wildman–Crippen MR) is 84.7 cm³/mol. The van der Waals surface area contributed by atoms with Crippen molar-refractivity contribution in [2.75, 3.05) is 32.7 Å². The Labute approximate surface area is 129 Å². The van der Waals surface area contributed by atoms with Crippen LogP contribution in [0.4, 0.5) is 0 Å². The molecule has 1 atom stereocenters. The van der Waals surface area contributed by atoms with Crippen LogP contribution in [0.5, 0.6) is 0 Å². The summed E-state index contributed by atoms with van der Waals surface area (Å²) in [7, 11) is 0. The number of aliphatic hydroxyl groups is 1. The number of aromatic nitrogens is 2. The van der Waals surface area contributed by atoms with Gasteiger partial charge in [0, 0.05) is 50.5 Å². The van der Waals surface area contributed by atoms with Crippen LogP contribution in [-0.4, -0.2) is 69.6 Å². The molecule has 1 fully saturated rings. The lowest BCUT2D eigenvalue weighted by Gasteiger charge is -2.35. The highest BCUT2D eigenvalue weighted by atomic mass is 16.3. The molecule has 3 heterocycles. The molecule has 118 valence electrons. The number of pyridine rings is 1. The van der Waals surface area contributed by atoms with Crippen molar-refractivity contribution < 1.29 is 9.90 Å². The van der Waals surface area contributed by atoms with Crippen molar-refractivity contribution in [3.05, 3.63) is 30.1 Å². The maximum absolute atomic E-state index is 12.7. The molecule has 1 aliphatic heterocycles. The Balaban J connectivity index is 1.65. The SMILES string of the molecule is CC[C@H](O)CN1CCN(C(=O)c2c[nH]c3ncccc23)CC1. The van der Waals surface area contributed by atoms with Crippen molar-refractivity contribution >= 4 is 16.9 Å². The van der Waals surface area contributed by atoms with Crippen molar-refractivity contribution in [3.63, 3.8) is 0 Å². The van der Waals surface area contributed by atoms with Crippen molar-refractivity contribution in [1.29, 1.82) is 0 Å². The number of piperazine rings is 1. The summed E-state index contributed by atoms with van der Waals surface area (Å²) in [6, 6.07) is 3.76. The summed E-state index contributed by atoms with van der Waals surface area (Å²) in [6.07, 6.45) is 3.95. The van der Waals surface area contributed by atoms with Crippen molar-refractivity contribution in [3.8, 4) is 0 Å². The van der Waals surface area contributed by atoms with E-state index < -0.39 is 0 Å². The van der Waals surface area contributed by atoms with Gasteiger partial charge in [-0.15, -0.1) is 0 Å². The average Bonchev–Trinajstić information content (AvgIpc) is 2.99. The maximum Gasteiger partial charge on any atom is 0.256 e. The molecule has 2 aromatic heterocycles. The molecular weight excluding hydrogens is 280 g/mol. The fraction of sp³-hybridized carbons (Fsp3) is 0.500. The van der Waals surface area contributed by atoms with Gasteiger partial charge in [0.1, 0.15) is 5.65 Å². The minimum absolute atomic E-state index is 0.0509. The lowest BCUT2D eigenvalue weighted by Crippen LogP contribution is -2.50. The molecule has 0 spiro atoms. The predicted octanol–water partition coefficient (Wildman–Crippen LogP) is 1.09. The van der Waals surface area contributed by atoms with Gasteiger partial charge in [-0.25, -0.2) is 4.98 Å². The Bertz CT molecular complexity index is 646. The van der Waals surface area contributed by atoms with Crippen LogP contribution in [0.15, 0.2) is 24.5 Å². The van der Waals surface area contributed by atoms with Gasteiger partial charge in [-0.3, -0.25) is 9.69 Å². The minimum Gasteiger partial charge on any atom is -0.392 e. The largest absolute Gasteiger partial charge is 0.392 e. The molecule has 2 N–H and O–H groups in total. The number of aromatic amines is 1. The number of β-amino-alcohol motifs (C(OH)–C–C–N with tert-alkyl or cyclic N) is 1. The molecule has 3 rings (SSSR count). The number of amides is 1. The third kappa shape index (κ3) is 2.98. The summed E-state index contributed by atoms with van der Waals surface area (Å²) < 4.78 is 0. The summed E-state index contributed by atoms with van der Waals surface area (Å²) in [4.78, 5) is 24.0. The minimum atomic E-state index is -0.276. The number of carbonyl (C=O) groups excluding carboxylic acids is 1. The molecule has 22 heavy (non-hydrogen) atoms. The number of hydrogen-bond acceptors (Lipinski definition) is 4. The Morgan fingerprint density at radius 1 is 1.41 bits per heavy atom. The van der Waals surface area contributed by atoms with E-state index in [1.165, 1.54) is 0 Å². The van der Waals surface area contributed by atoms with Gasteiger partial charge in [-0.2, -0.15) is 0 Å². The van der Waals surface area contributed by atoms with Gasteiger partial charge in [-0.1, -0.05) is 6.92 Å². The van der Waals surface area contributed by atoms with Crippen LogP contribution in [0.2, 0.25) is 0 Å². The van der Waals surface area contributed by atoms with E-state index in [0.717, 1.165) is 30.5 Å². The summed E-state index contributed by atoms with van der Waals surface area (Å²) in [5, 5.41) is 10.6. The monoisotopic (exact) mass is 302 g/mol. The van der Waals surface area contributed by atoms with E-state index in [2.05, 4.69) is 14.9 Å². The van der Waals surface area contributed by atoms with Gasteiger partial charge >= 0.3 is 0 Å². The highest BCUT2D eigenvalue weighted by Crippen LogP contribution is 2.18. The summed E-state index contributed by atoms with van der Waals surface area (Å²) in [5.41, 5.74) is 1.43. The third-order valence-electron chi connectivity index (χ3n) is 4.28. The third-order valence-corrected chi connectivity index (χ3v) is 4.28. The number of nitrogens with one attached hydrogen (secondary N) is 1. The topological polar surface area (TPSA) is 72.5 Å². The van der Waals surface area contributed by atoms with Gasteiger partial charge in [0.15, 0.2) is 0 Å². The van der Waals surface area contributed by atoms with Gasteiger partial charge in [0.2, 0.25) is 0 Å². The summed E-state index contributed by atoms with van der Waals surface area (Å²) >= 11 is 0. The van der Waals surface area contributed by atoms with Crippen molar-refractivity contribution in [2.45, 2.75) is 19.4 Å². The summed E-state index contributed by atoms with van der Waals surface area (Å²) in [6.45, 7) is 5.68. The number of aliphatic hydroxyl groups excluding tert-OH is 1. The number of carbonyl (C=O) groups is 1. The van der Waals surface area contributed by atoms with Gasteiger partial charge in [-0.05, 0) is 18.6 Å². The molecule has 0 aromatic carbocycles. The molecule has 6 nitrogen and oxygen atoms in total. The number of rotatable bonds is 4. The quantitative estimate of drug-likeness (QED) is 0.887. The zero-order chi connectivity index (χ0) is 15.5. The second-order valence-electron chi connectivity index (χ2n) is 5.76. The standard InChI is InChI=1S/C16H22N4O2/c1-2-12(21)11-19-6-8-20(9-7-19)16(22)14-10-18-15-13(14)4-3-5-17-15/h3-5,10,12,21H,2,6-9,11H2,1H3,(H,17,18)/t12-/m0/s1. The number of fused-ring (bicyclic) bond motifs is 1. The van der Waals surface area contributed by atoms with E-state index in [4.69, 9.17) is 0 Å². The van der Waals surface area contributed by atoms with Crippen LogP contribution in [0.1, 0.15) is 23.7 Å². The fourth-order valence-corrected chi connectivity index (χ4v) is 2.86. The van der Waals surface area contributed by atoms with E-state index in [-0.39, 0.29) is 12.0 Å². The Hall–Kier alpha value is -1.92. The first-order valence-corrected chi connectivity index (χ1v) is 7.81. The smallest absolute Gasteiger partial charge is 0.256 e. The highest BCUT2D eigenvalue weighted by Gasteiger charge is 2.24. The molecule has 0 aliphatic carbocycles. The van der Waals surface area contributed by atoms with Crippen LogP contribution in [0.3, 0.4) is 0 Å². The molecule has 0 unspecified atom stereocenters. The molecule has 6 heteroatoms. The van der Waals surface area contributed by atoms with Crippen molar-refractivity contribution in [2.24, 2.45) is 0 Å².